The molecule has 1 amide bonds. The molecule has 0 heterocycles. The first-order chi connectivity index (χ1) is 11.9. The highest BCUT2D eigenvalue weighted by Crippen LogP contribution is 2.35. The van der Waals surface area contributed by atoms with Gasteiger partial charge >= 0.3 is 5.97 Å². The van der Waals surface area contributed by atoms with Gasteiger partial charge in [0.1, 0.15) is 0 Å². The van der Waals surface area contributed by atoms with Gasteiger partial charge in [-0.1, -0.05) is 47.6 Å². The van der Waals surface area contributed by atoms with E-state index in [2.05, 4.69) is 52.9 Å². The number of carbonyl (C=O) groups excluding carboxylic acids is 1. The topological polar surface area (TPSA) is 66.4 Å². The molecule has 0 saturated heterocycles. The van der Waals surface area contributed by atoms with E-state index in [1.54, 1.807) is 0 Å². The first-order valence-electron chi connectivity index (χ1n) is 8.69. The zero-order valence-electron chi connectivity index (χ0n) is 16.3. The number of hydrogen-bond acceptors (Lipinski definition) is 2. The van der Waals surface area contributed by atoms with Crippen LogP contribution in [0, 0.1) is 0 Å². The highest BCUT2D eigenvalue weighted by Gasteiger charge is 2.25. The molecule has 0 atom stereocenters. The molecule has 4 heteroatoms. The molecule has 26 heavy (non-hydrogen) atoms. The van der Waals surface area contributed by atoms with E-state index in [0.29, 0.717) is 5.56 Å². The Balaban J connectivity index is 2.32. The predicted molar refractivity (Wildman–Crippen MR) is 105 cm³/mol. The van der Waals surface area contributed by atoms with Crippen molar-refractivity contribution in [1.82, 2.24) is 0 Å². The molecule has 2 aromatic carbocycles. The number of amides is 1. The number of hydrogen-bond donors (Lipinski definition) is 2. The van der Waals surface area contributed by atoms with Crippen LogP contribution in [0.5, 0.6) is 0 Å². The minimum atomic E-state index is -1.01. The summed E-state index contributed by atoms with van der Waals surface area (Å²) in [5.41, 5.74) is 3.73. The van der Waals surface area contributed by atoms with Crippen LogP contribution in [0.3, 0.4) is 0 Å². The third-order valence-corrected chi connectivity index (χ3v) is 4.29. The van der Waals surface area contributed by atoms with Gasteiger partial charge in [0.05, 0.1) is 5.56 Å². The number of rotatable bonds is 3. The lowest BCUT2D eigenvalue weighted by Gasteiger charge is -2.30. The summed E-state index contributed by atoms with van der Waals surface area (Å²) in [5.74, 6) is -1.27. The molecule has 0 aliphatic heterocycles. The van der Waals surface area contributed by atoms with Crippen LogP contribution in [0.1, 0.15) is 73.4 Å². The largest absolute Gasteiger partial charge is 0.478 e. The minimum Gasteiger partial charge on any atom is -0.478 e. The fraction of sp³-hybridized carbons (Fsp3) is 0.364. The molecule has 0 radical (unpaired) electrons. The van der Waals surface area contributed by atoms with E-state index >= 15 is 0 Å². The van der Waals surface area contributed by atoms with Crippen molar-refractivity contribution in [1.29, 1.82) is 0 Å². The lowest BCUT2D eigenvalue weighted by atomic mass is 9.75. The van der Waals surface area contributed by atoms with Crippen LogP contribution in [0.2, 0.25) is 0 Å². The van der Waals surface area contributed by atoms with Gasteiger partial charge in [0.2, 0.25) is 0 Å². The van der Waals surface area contributed by atoms with Gasteiger partial charge in [0.25, 0.3) is 5.91 Å². The third-order valence-electron chi connectivity index (χ3n) is 4.29. The quantitative estimate of drug-likeness (QED) is 0.794. The Kier molecular flexibility index (Phi) is 5.26. The molecule has 0 aliphatic rings. The van der Waals surface area contributed by atoms with Crippen molar-refractivity contribution in [3.8, 4) is 0 Å². The van der Waals surface area contributed by atoms with Crippen molar-refractivity contribution >= 4 is 17.6 Å². The van der Waals surface area contributed by atoms with Gasteiger partial charge in [0.15, 0.2) is 0 Å². The van der Waals surface area contributed by atoms with E-state index in [0.717, 1.165) is 5.69 Å². The third kappa shape index (κ3) is 4.51. The molecule has 2 rings (SSSR count). The van der Waals surface area contributed by atoms with Crippen molar-refractivity contribution in [3.63, 3.8) is 0 Å². The van der Waals surface area contributed by atoms with Crippen LogP contribution in [0.4, 0.5) is 5.69 Å². The van der Waals surface area contributed by atoms with E-state index in [-0.39, 0.29) is 22.3 Å². The Morgan fingerprint density at radius 2 is 1.27 bits per heavy atom. The summed E-state index contributed by atoms with van der Waals surface area (Å²) in [6.07, 6.45) is 0. The van der Waals surface area contributed by atoms with Gasteiger partial charge in [0, 0.05) is 11.3 Å². The van der Waals surface area contributed by atoms with Crippen LogP contribution < -0.4 is 5.32 Å². The number of carboxylic acids is 1. The molecular formula is C22H27NO3. The van der Waals surface area contributed by atoms with Crippen LogP contribution in [-0.4, -0.2) is 17.0 Å². The minimum absolute atomic E-state index is 0.0117. The van der Waals surface area contributed by atoms with Crippen LogP contribution >= 0.6 is 0 Å². The summed E-state index contributed by atoms with van der Waals surface area (Å²) >= 11 is 0. The summed E-state index contributed by atoms with van der Waals surface area (Å²) in [6, 6.07) is 11.9. The molecule has 0 aliphatic carbocycles. The SMILES string of the molecule is CC(C)(C)c1ccc(NC(=O)c2ccc(C(=O)O)cc2)cc1C(C)(C)C. The fourth-order valence-corrected chi connectivity index (χ4v) is 2.86. The van der Waals surface area contributed by atoms with Gasteiger partial charge in [-0.2, -0.15) is 0 Å². The maximum Gasteiger partial charge on any atom is 0.335 e. The number of aromatic carboxylic acids is 1. The van der Waals surface area contributed by atoms with Crippen LogP contribution in [-0.2, 0) is 10.8 Å². The highest BCUT2D eigenvalue weighted by molar-refractivity contribution is 6.04. The van der Waals surface area contributed by atoms with Gasteiger partial charge in [-0.3, -0.25) is 4.79 Å². The summed E-state index contributed by atoms with van der Waals surface area (Å²) in [7, 11) is 0. The Morgan fingerprint density at radius 1 is 0.769 bits per heavy atom. The zero-order valence-corrected chi connectivity index (χ0v) is 16.3. The molecule has 2 N–H and O–H groups in total. The number of carbonyl (C=O) groups is 2. The summed E-state index contributed by atoms with van der Waals surface area (Å²) in [5, 5.41) is 11.9. The summed E-state index contributed by atoms with van der Waals surface area (Å²) in [4.78, 5) is 23.4. The van der Waals surface area contributed by atoms with Gasteiger partial charge in [-0.25, -0.2) is 4.79 Å². The van der Waals surface area contributed by atoms with Crippen molar-refractivity contribution < 1.29 is 14.7 Å². The van der Waals surface area contributed by atoms with Gasteiger partial charge in [-0.15, -0.1) is 0 Å². The maximum absolute atomic E-state index is 12.5. The van der Waals surface area contributed by atoms with E-state index in [9.17, 15) is 9.59 Å². The highest BCUT2D eigenvalue weighted by atomic mass is 16.4. The number of carboxylic acid groups (broad SMARTS) is 1. The first-order valence-corrected chi connectivity index (χ1v) is 8.69. The number of anilines is 1. The molecular weight excluding hydrogens is 326 g/mol. The van der Waals surface area contributed by atoms with Gasteiger partial charge < -0.3 is 10.4 Å². The molecule has 0 spiro atoms. The van der Waals surface area contributed by atoms with E-state index in [1.807, 2.05) is 12.1 Å². The van der Waals surface area contributed by atoms with Gasteiger partial charge in [-0.05, 0) is 58.4 Å². The Labute approximate surface area is 155 Å². The lowest BCUT2D eigenvalue weighted by Crippen LogP contribution is -2.22. The second-order valence-corrected chi connectivity index (χ2v) is 8.60. The molecule has 0 bridgehead atoms. The van der Waals surface area contributed by atoms with Crippen molar-refractivity contribution in [3.05, 3.63) is 64.7 Å². The first kappa shape index (κ1) is 19.7. The second kappa shape index (κ2) is 6.94. The van der Waals surface area contributed by atoms with E-state index < -0.39 is 5.97 Å². The molecule has 0 unspecified atom stereocenters. The number of nitrogens with one attached hydrogen (secondary N) is 1. The van der Waals surface area contributed by atoms with Crippen LogP contribution in [0.25, 0.3) is 0 Å². The average Bonchev–Trinajstić information content (AvgIpc) is 2.53. The molecule has 0 saturated carbocycles. The molecule has 2 aromatic rings. The van der Waals surface area contributed by atoms with E-state index in [1.165, 1.54) is 35.4 Å². The normalized spacial score (nSPS) is 11.9. The standard InChI is InChI=1S/C22H27NO3/c1-21(2,3)17-12-11-16(13-18(17)22(4,5)6)23-19(24)14-7-9-15(10-8-14)20(25)26/h7-13H,1-6H3,(H,23,24)(H,25,26). The summed E-state index contributed by atoms with van der Waals surface area (Å²) in [6.45, 7) is 13.0. The zero-order chi connectivity index (χ0) is 19.7. The van der Waals surface area contributed by atoms with E-state index in [4.69, 9.17) is 5.11 Å². The molecule has 0 fully saturated rings. The fourth-order valence-electron chi connectivity index (χ4n) is 2.86. The molecule has 4 nitrogen and oxygen atoms in total. The Morgan fingerprint density at radius 3 is 1.73 bits per heavy atom. The Bertz CT molecular complexity index is 822. The monoisotopic (exact) mass is 353 g/mol. The van der Waals surface area contributed by atoms with Crippen molar-refractivity contribution in [2.24, 2.45) is 0 Å². The molecule has 0 aromatic heterocycles. The maximum atomic E-state index is 12.5. The number of benzene rings is 2. The second-order valence-electron chi connectivity index (χ2n) is 8.60. The predicted octanol–water partition coefficient (Wildman–Crippen LogP) is 5.23. The van der Waals surface area contributed by atoms with Crippen molar-refractivity contribution in [2.75, 3.05) is 5.32 Å². The smallest absolute Gasteiger partial charge is 0.335 e. The average molecular weight is 353 g/mol. The lowest BCUT2D eigenvalue weighted by molar-refractivity contribution is 0.0696. The van der Waals surface area contributed by atoms with Crippen LogP contribution in [0.15, 0.2) is 42.5 Å². The summed E-state index contributed by atoms with van der Waals surface area (Å²) < 4.78 is 0. The Hall–Kier alpha value is -2.62. The van der Waals surface area contributed by atoms with Crippen molar-refractivity contribution in [2.45, 2.75) is 52.4 Å². The molecule has 138 valence electrons.